The Labute approximate surface area is 309 Å². The zero-order chi connectivity index (χ0) is 38.1. The molecule has 51 heavy (non-hydrogen) atoms. The van der Waals surface area contributed by atoms with E-state index in [9.17, 15) is 23.8 Å². The second kappa shape index (κ2) is 32.4. The summed E-state index contributed by atoms with van der Waals surface area (Å²) in [5.41, 5.74) is 0. The van der Waals surface area contributed by atoms with Crippen LogP contribution in [-0.2, 0) is 42.2 Å². The molecular formula is C39H71NO10P+. The lowest BCUT2D eigenvalue weighted by molar-refractivity contribution is -0.870. The second-order valence-electron chi connectivity index (χ2n) is 14.1. The number of nitrogens with zero attached hydrogens (tertiary/aromatic N) is 1. The number of carbonyl (C=O) groups is 3. The van der Waals surface area contributed by atoms with Crippen LogP contribution in [0.25, 0.3) is 0 Å². The summed E-state index contributed by atoms with van der Waals surface area (Å²) in [6, 6.07) is 0. The number of phosphoric acid groups is 1. The van der Waals surface area contributed by atoms with E-state index in [-0.39, 0.29) is 19.6 Å². The Hall–Kier alpha value is -2.30. The van der Waals surface area contributed by atoms with Crippen LogP contribution in [0.3, 0.4) is 0 Å². The van der Waals surface area contributed by atoms with Crippen molar-refractivity contribution in [3.05, 3.63) is 37.0 Å². The van der Waals surface area contributed by atoms with Crippen molar-refractivity contribution in [3.63, 3.8) is 0 Å². The summed E-state index contributed by atoms with van der Waals surface area (Å²) in [7, 11) is 1.36. The molecule has 0 aromatic heterocycles. The van der Waals surface area contributed by atoms with Crippen LogP contribution in [0.5, 0.6) is 0 Å². The second-order valence-corrected chi connectivity index (χ2v) is 15.5. The van der Waals surface area contributed by atoms with Crippen LogP contribution in [0.15, 0.2) is 37.0 Å². The summed E-state index contributed by atoms with van der Waals surface area (Å²) in [4.78, 5) is 46.0. The fourth-order valence-electron chi connectivity index (χ4n) is 4.94. The molecular weight excluding hydrogens is 673 g/mol. The van der Waals surface area contributed by atoms with E-state index in [1.54, 1.807) is 12.2 Å². The van der Waals surface area contributed by atoms with Crippen molar-refractivity contribution in [2.45, 2.75) is 141 Å². The van der Waals surface area contributed by atoms with Gasteiger partial charge in [0, 0.05) is 18.6 Å². The van der Waals surface area contributed by atoms with E-state index in [4.69, 9.17) is 23.3 Å². The van der Waals surface area contributed by atoms with Gasteiger partial charge in [-0.05, 0) is 25.7 Å². The Morgan fingerprint density at radius 1 is 0.706 bits per heavy atom. The topological polar surface area (TPSA) is 135 Å². The molecule has 2 atom stereocenters. The number of likely N-dealkylation sites (N-methyl/N-ethyl adjacent to an activating group) is 1. The van der Waals surface area contributed by atoms with Gasteiger partial charge in [-0.3, -0.25) is 13.8 Å². The normalized spacial score (nSPS) is 13.7. The molecule has 0 saturated carbocycles. The minimum absolute atomic E-state index is 0.00184. The van der Waals surface area contributed by atoms with Gasteiger partial charge in [0.15, 0.2) is 6.10 Å². The van der Waals surface area contributed by atoms with Gasteiger partial charge in [0.1, 0.15) is 19.8 Å². The van der Waals surface area contributed by atoms with Crippen LogP contribution in [0.4, 0.5) is 0 Å². The number of phosphoric ester groups is 1. The van der Waals surface area contributed by atoms with Crippen LogP contribution < -0.4 is 0 Å². The van der Waals surface area contributed by atoms with E-state index >= 15 is 0 Å². The average molecular weight is 745 g/mol. The first-order chi connectivity index (χ1) is 24.4. The summed E-state index contributed by atoms with van der Waals surface area (Å²) < 4.78 is 38.8. The zero-order valence-electron chi connectivity index (χ0n) is 32.4. The molecule has 12 heteroatoms. The largest absolute Gasteiger partial charge is 0.472 e. The quantitative estimate of drug-likeness (QED) is 0.0127. The van der Waals surface area contributed by atoms with E-state index in [1.165, 1.54) is 70.3 Å². The van der Waals surface area contributed by atoms with Crippen molar-refractivity contribution >= 4 is 25.7 Å². The van der Waals surface area contributed by atoms with E-state index in [0.29, 0.717) is 24.1 Å². The fourth-order valence-corrected chi connectivity index (χ4v) is 5.69. The Kier molecular flexibility index (Phi) is 30.9. The van der Waals surface area contributed by atoms with E-state index < -0.39 is 38.4 Å². The van der Waals surface area contributed by atoms with Gasteiger partial charge in [-0.2, -0.15) is 0 Å². The molecule has 0 aliphatic rings. The Morgan fingerprint density at radius 3 is 1.86 bits per heavy atom. The summed E-state index contributed by atoms with van der Waals surface area (Å²) in [6.07, 6.45) is 28.2. The Bertz CT molecular complexity index is 1020. The smallest absolute Gasteiger partial charge is 0.463 e. The monoisotopic (exact) mass is 744 g/mol. The van der Waals surface area contributed by atoms with Crippen molar-refractivity contribution in [2.24, 2.45) is 0 Å². The lowest BCUT2D eigenvalue weighted by atomic mass is 10.0. The first-order valence-corrected chi connectivity index (χ1v) is 20.8. The molecule has 0 fully saturated rings. The van der Waals surface area contributed by atoms with Gasteiger partial charge in [0.2, 0.25) is 0 Å². The summed E-state index contributed by atoms with van der Waals surface area (Å²) in [5, 5.41) is 0. The average Bonchev–Trinajstić information content (AvgIpc) is 3.07. The third-order valence-corrected chi connectivity index (χ3v) is 9.03. The fraction of sp³-hybridized carbons (Fsp3) is 0.769. The molecule has 296 valence electrons. The number of hydrogen-bond donors (Lipinski definition) is 1. The molecule has 1 unspecified atom stereocenters. The zero-order valence-corrected chi connectivity index (χ0v) is 33.3. The van der Waals surface area contributed by atoms with Gasteiger partial charge >= 0.3 is 25.7 Å². The van der Waals surface area contributed by atoms with Crippen molar-refractivity contribution in [2.75, 3.05) is 54.1 Å². The van der Waals surface area contributed by atoms with Gasteiger partial charge in [-0.15, -0.1) is 0 Å². The molecule has 0 aromatic rings. The summed E-state index contributed by atoms with van der Waals surface area (Å²) in [5.74, 6) is -1.51. The standard InChI is InChI=1S/C39H70NO10P/c1-6-8-9-10-11-12-13-14-15-17-20-23-26-29-38(42)47-34-36(35-49-51(44,45)48-33-31-40(3,4)5)50-39(43)30-27-24-21-18-16-19-22-25-28-32-46-37(41)7-2/h7,21,24,27,30,36H,2,6,8-20,22-23,25-26,28-29,31-35H2,1,3-5H3/p+1/b24-21+,30-27+/t36-/m1/s1. The molecule has 0 heterocycles. The van der Waals surface area contributed by atoms with Crippen LogP contribution in [-0.4, -0.2) is 87.5 Å². The molecule has 0 spiro atoms. The highest BCUT2D eigenvalue weighted by Crippen LogP contribution is 2.43. The number of carbonyl (C=O) groups excluding carboxylic acids is 3. The molecule has 0 rings (SSSR count). The lowest BCUT2D eigenvalue weighted by Crippen LogP contribution is -2.37. The molecule has 0 aliphatic carbocycles. The highest BCUT2D eigenvalue weighted by atomic mass is 31.2. The highest BCUT2D eigenvalue weighted by molar-refractivity contribution is 7.47. The number of rotatable bonds is 35. The van der Waals surface area contributed by atoms with Gasteiger partial charge in [0.05, 0.1) is 34.4 Å². The van der Waals surface area contributed by atoms with Gasteiger partial charge < -0.3 is 23.6 Å². The van der Waals surface area contributed by atoms with E-state index in [0.717, 1.165) is 57.4 Å². The maximum atomic E-state index is 12.5. The number of unbranched alkanes of at least 4 members (excludes halogenated alkanes) is 17. The first kappa shape index (κ1) is 48.7. The third-order valence-electron chi connectivity index (χ3n) is 8.04. The van der Waals surface area contributed by atoms with Crippen LogP contribution in [0.1, 0.15) is 135 Å². The number of quaternary nitrogens is 1. The third kappa shape index (κ3) is 35.9. The molecule has 0 aliphatic heterocycles. The molecule has 1 N–H and O–H groups in total. The first-order valence-electron chi connectivity index (χ1n) is 19.3. The number of ether oxygens (including phenoxy) is 3. The van der Waals surface area contributed by atoms with Crippen molar-refractivity contribution in [1.82, 2.24) is 0 Å². The molecule has 0 saturated heterocycles. The number of esters is 3. The number of hydrogen-bond acceptors (Lipinski definition) is 9. The molecule has 0 bridgehead atoms. The van der Waals surface area contributed by atoms with Crippen molar-refractivity contribution in [3.8, 4) is 0 Å². The minimum Gasteiger partial charge on any atom is -0.463 e. The summed E-state index contributed by atoms with van der Waals surface area (Å²) in [6.45, 7) is 5.72. The Morgan fingerprint density at radius 2 is 1.27 bits per heavy atom. The molecule has 0 aromatic carbocycles. The predicted octanol–water partition coefficient (Wildman–Crippen LogP) is 8.94. The lowest BCUT2D eigenvalue weighted by Gasteiger charge is -2.24. The molecule has 0 radical (unpaired) electrons. The summed E-state index contributed by atoms with van der Waals surface area (Å²) >= 11 is 0. The maximum absolute atomic E-state index is 12.5. The predicted molar refractivity (Wildman–Crippen MR) is 203 cm³/mol. The van der Waals surface area contributed by atoms with Crippen molar-refractivity contribution in [1.29, 1.82) is 0 Å². The van der Waals surface area contributed by atoms with Gasteiger partial charge in [-0.1, -0.05) is 128 Å². The van der Waals surface area contributed by atoms with E-state index in [1.807, 2.05) is 27.2 Å². The van der Waals surface area contributed by atoms with Crippen LogP contribution in [0.2, 0.25) is 0 Å². The van der Waals surface area contributed by atoms with Crippen LogP contribution >= 0.6 is 7.82 Å². The van der Waals surface area contributed by atoms with Crippen LogP contribution in [0, 0.1) is 0 Å². The highest BCUT2D eigenvalue weighted by Gasteiger charge is 2.26. The minimum atomic E-state index is -4.41. The maximum Gasteiger partial charge on any atom is 0.472 e. The van der Waals surface area contributed by atoms with Gasteiger partial charge in [0.25, 0.3) is 0 Å². The Balaban J connectivity index is 4.53. The van der Waals surface area contributed by atoms with Gasteiger partial charge in [-0.25, -0.2) is 14.2 Å². The SMILES string of the molecule is C=CC(=O)OCCCCCCC/C=C/C=C/C(=O)O[C@H](COC(=O)CCCCCCCCCCCCCCC)COP(=O)(O)OCC[N+](C)(C)C. The molecule has 0 amide bonds. The molecule has 11 nitrogen and oxygen atoms in total. The van der Waals surface area contributed by atoms with Crippen molar-refractivity contribution < 1.29 is 51.6 Å². The van der Waals surface area contributed by atoms with E-state index in [2.05, 4.69) is 13.5 Å². The number of allylic oxidation sites excluding steroid dienone is 3.